The van der Waals surface area contributed by atoms with Gasteiger partial charge in [-0.2, -0.15) is 0 Å². The van der Waals surface area contributed by atoms with Crippen molar-refractivity contribution in [1.82, 2.24) is 10.2 Å². The molecule has 2 amide bonds. The zero-order chi connectivity index (χ0) is 22.0. The highest BCUT2D eigenvalue weighted by Crippen LogP contribution is 2.29. The van der Waals surface area contributed by atoms with Crippen LogP contribution in [0, 0.1) is 0 Å². The molecular weight excluding hydrogens is 445 g/mol. The minimum atomic E-state index is -1.27. The Morgan fingerprint density at radius 1 is 1.35 bits per heavy atom. The van der Waals surface area contributed by atoms with E-state index in [0.717, 1.165) is 23.4 Å². The molecule has 2 aromatic rings. The first-order chi connectivity index (χ1) is 14.8. The number of likely N-dealkylation sites (N-methyl/N-ethyl adjacent to an activating group) is 1. The fraction of sp³-hybridized carbons (Fsp3) is 0.429. The molecule has 0 aliphatic carbocycles. The number of alkyl halides is 1. The van der Waals surface area contributed by atoms with Gasteiger partial charge in [-0.05, 0) is 48.9 Å². The summed E-state index contributed by atoms with van der Waals surface area (Å²) < 4.78 is 25.9. The van der Waals surface area contributed by atoms with E-state index in [1.165, 1.54) is 0 Å². The number of amides is 2. The van der Waals surface area contributed by atoms with Gasteiger partial charge in [-0.3, -0.25) is 10.1 Å². The molecule has 0 radical (unpaired) electrons. The zero-order valence-corrected chi connectivity index (χ0v) is 18.5. The number of halogens is 2. The minimum Gasteiger partial charge on any atom is -0.420 e. The highest BCUT2D eigenvalue weighted by molar-refractivity contribution is 7.18. The molecular formula is C21H23ClFN3O4S. The number of anilines is 1. The number of rotatable bonds is 4. The Bertz CT molecular complexity index is 979. The van der Waals surface area contributed by atoms with Crippen molar-refractivity contribution < 1.29 is 23.5 Å². The molecule has 2 aliphatic heterocycles. The van der Waals surface area contributed by atoms with E-state index in [1.807, 2.05) is 11.9 Å². The van der Waals surface area contributed by atoms with E-state index in [-0.39, 0.29) is 6.61 Å². The highest BCUT2D eigenvalue weighted by atomic mass is 35.5. The van der Waals surface area contributed by atoms with Gasteiger partial charge in [0.1, 0.15) is 12.8 Å². The predicted octanol–water partition coefficient (Wildman–Crippen LogP) is 4.00. The van der Waals surface area contributed by atoms with Crippen LogP contribution in [0.1, 0.15) is 33.4 Å². The molecule has 1 fully saturated rings. The topological polar surface area (TPSA) is 79.9 Å². The van der Waals surface area contributed by atoms with Crippen molar-refractivity contribution in [1.29, 1.82) is 0 Å². The van der Waals surface area contributed by atoms with Crippen molar-refractivity contribution in [3.63, 3.8) is 0 Å². The quantitative estimate of drug-likeness (QED) is 0.664. The molecule has 1 aromatic heterocycles. The fourth-order valence-electron chi connectivity index (χ4n) is 3.76. The van der Waals surface area contributed by atoms with Crippen LogP contribution >= 0.6 is 22.9 Å². The Hall–Kier alpha value is -2.20. The molecule has 1 saturated heterocycles. The summed E-state index contributed by atoms with van der Waals surface area (Å²) in [5.74, 6) is -0.390. The molecule has 0 saturated carbocycles. The first-order valence-electron chi connectivity index (χ1n) is 9.95. The van der Waals surface area contributed by atoms with Gasteiger partial charge < -0.3 is 19.7 Å². The number of fused-ring (bicyclic) bond motifs is 1. The number of ether oxygens (including phenoxy) is 2. The van der Waals surface area contributed by atoms with Gasteiger partial charge >= 0.3 is 6.09 Å². The predicted molar refractivity (Wildman–Crippen MR) is 117 cm³/mol. The second kappa shape index (κ2) is 9.12. The normalized spacial score (nSPS) is 23.6. The molecule has 31 heavy (non-hydrogen) atoms. The summed E-state index contributed by atoms with van der Waals surface area (Å²) in [5, 5.41) is 5.44. The molecule has 2 atom stereocenters. The summed E-state index contributed by atoms with van der Waals surface area (Å²) in [6.07, 6.45) is -0.778. The van der Waals surface area contributed by atoms with E-state index in [9.17, 15) is 14.0 Å². The third-order valence-electron chi connectivity index (χ3n) is 5.37. The number of thiophene rings is 1. The van der Waals surface area contributed by atoms with E-state index in [2.05, 4.69) is 10.6 Å². The fourth-order valence-corrected chi connectivity index (χ4v) is 4.69. The van der Waals surface area contributed by atoms with E-state index in [4.69, 9.17) is 21.1 Å². The SMILES string of the molecule is CN1CCc2cc(NC(=O)OC3(NC(=O)c4ccc(Cl)s4)CCOC3)ccc2C(F)C1. The molecule has 1 aromatic carbocycles. The van der Waals surface area contributed by atoms with E-state index >= 15 is 0 Å². The maximum absolute atomic E-state index is 14.4. The van der Waals surface area contributed by atoms with E-state index in [0.29, 0.717) is 46.5 Å². The molecule has 3 heterocycles. The van der Waals surface area contributed by atoms with Gasteiger partial charge in [0, 0.05) is 25.2 Å². The molecule has 0 spiro atoms. The van der Waals surface area contributed by atoms with Crippen LogP contribution in [0.2, 0.25) is 4.34 Å². The summed E-state index contributed by atoms with van der Waals surface area (Å²) >= 11 is 7.04. The van der Waals surface area contributed by atoms with Gasteiger partial charge in [0.2, 0.25) is 5.72 Å². The Morgan fingerprint density at radius 3 is 2.90 bits per heavy atom. The van der Waals surface area contributed by atoms with Crippen LogP contribution in [-0.4, -0.2) is 56.0 Å². The zero-order valence-electron chi connectivity index (χ0n) is 17.0. The number of nitrogens with zero attached hydrogens (tertiary/aromatic N) is 1. The summed E-state index contributed by atoms with van der Waals surface area (Å²) in [4.78, 5) is 27.5. The molecule has 4 rings (SSSR count). The lowest BCUT2D eigenvalue weighted by Gasteiger charge is -2.28. The van der Waals surface area contributed by atoms with Crippen molar-refractivity contribution in [2.45, 2.75) is 24.7 Å². The lowest BCUT2D eigenvalue weighted by molar-refractivity contribution is -0.0113. The Morgan fingerprint density at radius 2 is 2.19 bits per heavy atom. The second-order valence-electron chi connectivity index (χ2n) is 7.76. The van der Waals surface area contributed by atoms with Crippen LogP contribution in [0.25, 0.3) is 0 Å². The maximum atomic E-state index is 14.4. The van der Waals surface area contributed by atoms with Crippen LogP contribution in [0.3, 0.4) is 0 Å². The van der Waals surface area contributed by atoms with Crippen molar-refractivity contribution in [3.8, 4) is 0 Å². The van der Waals surface area contributed by atoms with Gasteiger partial charge in [0.25, 0.3) is 5.91 Å². The summed E-state index contributed by atoms with van der Waals surface area (Å²) in [6.45, 7) is 1.48. The lowest BCUT2D eigenvalue weighted by atomic mass is 10.0. The Kier molecular flexibility index (Phi) is 6.47. The van der Waals surface area contributed by atoms with Crippen molar-refractivity contribution in [3.05, 3.63) is 50.7 Å². The molecule has 0 bridgehead atoms. The van der Waals surface area contributed by atoms with Gasteiger partial charge in [-0.1, -0.05) is 17.7 Å². The summed E-state index contributed by atoms with van der Waals surface area (Å²) in [7, 11) is 1.89. The van der Waals surface area contributed by atoms with Crippen LogP contribution in [0.4, 0.5) is 14.9 Å². The van der Waals surface area contributed by atoms with E-state index < -0.39 is 23.9 Å². The largest absolute Gasteiger partial charge is 0.420 e. The standard InChI is InChI=1S/C21H23ClFN3O4S/c1-26-8-6-13-10-14(2-3-15(13)16(23)11-26)24-20(28)30-21(7-9-29-12-21)25-19(27)17-4-5-18(22)31-17/h2-5,10,16H,6-9,11-12H2,1H3,(H,24,28)(H,25,27). The van der Waals surface area contributed by atoms with Gasteiger partial charge in [0.05, 0.1) is 15.8 Å². The molecule has 7 nitrogen and oxygen atoms in total. The number of hydrogen-bond donors (Lipinski definition) is 2. The molecule has 2 unspecified atom stereocenters. The summed E-state index contributed by atoms with van der Waals surface area (Å²) in [6, 6.07) is 8.36. The van der Waals surface area contributed by atoms with Crippen LogP contribution in [0.5, 0.6) is 0 Å². The summed E-state index contributed by atoms with van der Waals surface area (Å²) in [5.41, 5.74) is 0.740. The minimum absolute atomic E-state index is 0.0469. The highest BCUT2D eigenvalue weighted by Gasteiger charge is 2.41. The van der Waals surface area contributed by atoms with Crippen molar-refractivity contribution in [2.24, 2.45) is 0 Å². The number of nitrogens with one attached hydrogen (secondary N) is 2. The molecule has 166 valence electrons. The first kappa shape index (κ1) is 22.0. The van der Waals surface area contributed by atoms with E-state index in [1.54, 1.807) is 30.3 Å². The third kappa shape index (κ3) is 5.17. The first-order valence-corrected chi connectivity index (χ1v) is 11.1. The number of hydrogen-bond acceptors (Lipinski definition) is 6. The smallest absolute Gasteiger partial charge is 0.413 e. The average molecular weight is 468 g/mol. The van der Waals surface area contributed by atoms with Crippen LogP contribution in [0.15, 0.2) is 30.3 Å². The Labute approximate surface area is 188 Å². The van der Waals surface area contributed by atoms with Crippen LogP contribution < -0.4 is 10.6 Å². The molecule has 10 heteroatoms. The van der Waals surface area contributed by atoms with Crippen molar-refractivity contribution in [2.75, 3.05) is 38.7 Å². The van der Waals surface area contributed by atoms with Crippen LogP contribution in [-0.2, 0) is 15.9 Å². The Balaban J connectivity index is 1.44. The monoisotopic (exact) mass is 467 g/mol. The van der Waals surface area contributed by atoms with Gasteiger partial charge in [0.15, 0.2) is 0 Å². The number of carbonyl (C=O) groups is 2. The number of benzene rings is 1. The average Bonchev–Trinajstić information content (AvgIpc) is 3.32. The molecule has 2 aliphatic rings. The maximum Gasteiger partial charge on any atom is 0.413 e. The van der Waals surface area contributed by atoms with Crippen molar-refractivity contribution >= 4 is 40.6 Å². The second-order valence-corrected chi connectivity index (χ2v) is 9.48. The van der Waals surface area contributed by atoms with Gasteiger partial charge in [-0.15, -0.1) is 11.3 Å². The lowest BCUT2D eigenvalue weighted by Crippen LogP contribution is -2.52. The third-order valence-corrected chi connectivity index (χ3v) is 6.60. The number of carbonyl (C=O) groups excluding carboxylic acids is 2. The van der Waals surface area contributed by atoms with Gasteiger partial charge in [-0.25, -0.2) is 9.18 Å². The molecule has 2 N–H and O–H groups in total.